The maximum atomic E-state index is 14.2. The van der Waals surface area contributed by atoms with Crippen molar-refractivity contribution in [2.45, 2.75) is 38.5 Å². The van der Waals surface area contributed by atoms with Crippen LogP contribution in [0.25, 0.3) is 0 Å². The minimum absolute atomic E-state index is 0.115. The first-order valence-electron chi connectivity index (χ1n) is 11.8. The number of hydrogen-bond donors (Lipinski definition) is 0. The van der Waals surface area contributed by atoms with Crippen molar-refractivity contribution < 1.29 is 23.1 Å². The Kier molecular flexibility index (Phi) is 7.71. The number of likely N-dealkylation sites (tertiary alicyclic amines) is 2. The number of benzene rings is 2. The zero-order valence-corrected chi connectivity index (χ0v) is 19.8. The van der Waals surface area contributed by atoms with E-state index >= 15 is 0 Å². The third-order valence-corrected chi connectivity index (χ3v) is 7.12. The van der Waals surface area contributed by atoms with Crippen LogP contribution in [0.15, 0.2) is 42.5 Å². The van der Waals surface area contributed by atoms with Crippen molar-refractivity contribution >= 4 is 23.4 Å². The molecule has 0 unspecified atom stereocenters. The monoisotopic (exact) mass is 490 g/mol. The summed E-state index contributed by atoms with van der Waals surface area (Å²) in [6.07, 6.45) is 4.62. The minimum atomic E-state index is -0.867. The van der Waals surface area contributed by atoms with Crippen molar-refractivity contribution in [2.75, 3.05) is 32.8 Å². The Morgan fingerprint density at radius 2 is 1.59 bits per heavy atom. The highest BCUT2D eigenvalue weighted by Gasteiger charge is 2.40. The molecule has 2 aliphatic rings. The zero-order chi connectivity index (χ0) is 24.1. The molecule has 2 saturated heterocycles. The van der Waals surface area contributed by atoms with Crippen LogP contribution in [0, 0.1) is 17.0 Å². The third-order valence-electron chi connectivity index (χ3n) is 6.87. The van der Waals surface area contributed by atoms with Crippen LogP contribution < -0.4 is 4.74 Å². The van der Waals surface area contributed by atoms with E-state index in [4.69, 9.17) is 16.3 Å². The molecule has 182 valence electrons. The summed E-state index contributed by atoms with van der Waals surface area (Å²) in [6.45, 7) is 2.63. The molecule has 2 fully saturated rings. The largest absolute Gasteiger partial charge is 0.493 e. The fourth-order valence-corrected chi connectivity index (χ4v) is 4.86. The molecule has 0 atom stereocenters. The van der Waals surface area contributed by atoms with Crippen LogP contribution >= 0.6 is 11.6 Å². The lowest BCUT2D eigenvalue weighted by Crippen LogP contribution is -2.48. The first-order chi connectivity index (χ1) is 16.3. The van der Waals surface area contributed by atoms with Crippen molar-refractivity contribution in [3.05, 3.63) is 64.7 Å². The maximum absolute atomic E-state index is 14.2. The van der Waals surface area contributed by atoms with E-state index in [2.05, 4.69) is 0 Å². The topological polar surface area (TPSA) is 49.9 Å². The second-order valence-electron chi connectivity index (χ2n) is 9.28. The quantitative estimate of drug-likeness (QED) is 0.550. The number of carbonyl (C=O) groups is 2. The average Bonchev–Trinajstić information content (AvgIpc) is 2.84. The Morgan fingerprint density at radius 3 is 2.24 bits per heavy atom. The van der Waals surface area contributed by atoms with Gasteiger partial charge in [-0.1, -0.05) is 11.6 Å². The molecule has 2 amide bonds. The first-order valence-corrected chi connectivity index (χ1v) is 12.1. The number of carbonyl (C=O) groups excluding carboxylic acids is 2. The third kappa shape index (κ3) is 5.87. The van der Waals surface area contributed by atoms with Crippen molar-refractivity contribution in [1.29, 1.82) is 0 Å². The van der Waals surface area contributed by atoms with Crippen LogP contribution in [0.3, 0.4) is 0 Å². The smallest absolute Gasteiger partial charge is 0.256 e. The van der Waals surface area contributed by atoms with Gasteiger partial charge >= 0.3 is 0 Å². The fourth-order valence-electron chi connectivity index (χ4n) is 4.73. The van der Waals surface area contributed by atoms with Crippen molar-refractivity contribution in [3.63, 3.8) is 0 Å². The van der Waals surface area contributed by atoms with Gasteiger partial charge in [0.1, 0.15) is 17.4 Å². The average molecular weight is 491 g/mol. The molecule has 0 aliphatic carbocycles. The van der Waals surface area contributed by atoms with E-state index in [0.717, 1.165) is 44.5 Å². The molecule has 0 N–H and O–H groups in total. The van der Waals surface area contributed by atoms with Crippen LogP contribution in [0.2, 0.25) is 5.02 Å². The number of amides is 2. The first kappa shape index (κ1) is 24.5. The highest BCUT2D eigenvalue weighted by Crippen LogP contribution is 2.37. The summed E-state index contributed by atoms with van der Waals surface area (Å²) in [4.78, 5) is 29.5. The number of rotatable bonds is 6. The van der Waals surface area contributed by atoms with E-state index in [0.29, 0.717) is 49.7 Å². The predicted octanol–water partition coefficient (Wildman–Crippen LogP) is 5.32. The summed E-state index contributed by atoms with van der Waals surface area (Å²) in [5.41, 5.74) is -0.581. The molecule has 0 spiro atoms. The molecule has 8 heteroatoms. The molecule has 0 aromatic heterocycles. The highest BCUT2D eigenvalue weighted by atomic mass is 35.5. The van der Waals surface area contributed by atoms with E-state index < -0.39 is 23.0 Å². The van der Waals surface area contributed by atoms with Gasteiger partial charge in [-0.2, -0.15) is 0 Å². The maximum Gasteiger partial charge on any atom is 0.256 e. The highest BCUT2D eigenvalue weighted by molar-refractivity contribution is 6.30. The van der Waals surface area contributed by atoms with Gasteiger partial charge in [-0.3, -0.25) is 9.59 Å². The molecular formula is C26H29ClF2N2O3. The Morgan fingerprint density at radius 1 is 0.912 bits per heavy atom. The molecule has 4 rings (SSSR count). The van der Waals surface area contributed by atoms with Crippen molar-refractivity contribution in [2.24, 2.45) is 5.41 Å². The molecule has 2 aromatic carbocycles. The van der Waals surface area contributed by atoms with Gasteiger partial charge < -0.3 is 14.5 Å². The molecule has 0 bridgehead atoms. The van der Waals surface area contributed by atoms with Gasteiger partial charge in [0.25, 0.3) is 5.91 Å². The van der Waals surface area contributed by atoms with Crippen LogP contribution in [-0.4, -0.2) is 54.4 Å². The van der Waals surface area contributed by atoms with E-state index in [1.165, 1.54) is 6.07 Å². The predicted molar refractivity (Wildman–Crippen MR) is 126 cm³/mol. The number of hydrogen-bond acceptors (Lipinski definition) is 3. The van der Waals surface area contributed by atoms with Crippen LogP contribution in [0.4, 0.5) is 8.78 Å². The van der Waals surface area contributed by atoms with E-state index in [1.54, 1.807) is 29.2 Å². The standard InChI is InChI=1S/C26H29ClF2N2O3/c27-19-4-7-21(8-5-19)34-18-26(17-24(32)30-12-2-1-3-13-30)10-14-31(15-11-26)25(33)22-9-6-20(28)16-23(22)29/h4-9,16H,1-3,10-15,17-18H2. The molecule has 5 nitrogen and oxygen atoms in total. The molecule has 0 saturated carbocycles. The normalized spacial score (nSPS) is 18.0. The minimum Gasteiger partial charge on any atom is -0.493 e. The Bertz CT molecular complexity index is 1020. The van der Waals surface area contributed by atoms with Crippen LogP contribution in [0.1, 0.15) is 48.9 Å². The Labute approximate surface area is 203 Å². The SMILES string of the molecule is O=C(CC1(COc2ccc(Cl)cc2)CCN(C(=O)c2ccc(F)cc2F)CC1)N1CCCCC1. The summed E-state index contributed by atoms with van der Waals surface area (Å²) >= 11 is 5.97. The van der Waals surface area contributed by atoms with E-state index in [9.17, 15) is 18.4 Å². The summed E-state index contributed by atoms with van der Waals surface area (Å²) in [5, 5.41) is 0.613. The second-order valence-corrected chi connectivity index (χ2v) is 9.71. The summed E-state index contributed by atoms with van der Waals surface area (Å²) in [6, 6.07) is 10.1. The lowest BCUT2D eigenvalue weighted by Gasteiger charge is -2.42. The number of ether oxygens (including phenoxy) is 1. The van der Waals surface area contributed by atoms with Crippen LogP contribution in [-0.2, 0) is 4.79 Å². The van der Waals surface area contributed by atoms with Crippen LogP contribution in [0.5, 0.6) is 5.75 Å². The molecule has 2 aliphatic heterocycles. The molecule has 2 heterocycles. The van der Waals surface area contributed by atoms with Crippen molar-refractivity contribution in [1.82, 2.24) is 9.80 Å². The summed E-state index contributed by atoms with van der Waals surface area (Å²) in [7, 11) is 0. The van der Waals surface area contributed by atoms with E-state index in [-0.39, 0.29) is 11.5 Å². The Hall–Kier alpha value is -2.67. The van der Waals surface area contributed by atoms with Gasteiger partial charge in [-0.15, -0.1) is 0 Å². The van der Waals surface area contributed by atoms with Crippen molar-refractivity contribution in [3.8, 4) is 5.75 Å². The summed E-state index contributed by atoms with van der Waals surface area (Å²) in [5.74, 6) is -1.27. The van der Waals surface area contributed by atoms with Gasteiger partial charge in [0.15, 0.2) is 0 Å². The molecule has 34 heavy (non-hydrogen) atoms. The summed E-state index contributed by atoms with van der Waals surface area (Å²) < 4.78 is 33.5. The lowest BCUT2D eigenvalue weighted by molar-refractivity contribution is -0.136. The number of piperidine rings is 2. The van der Waals surface area contributed by atoms with Gasteiger partial charge in [0, 0.05) is 49.1 Å². The molecule has 0 radical (unpaired) electrons. The second kappa shape index (κ2) is 10.7. The molecule has 2 aromatic rings. The number of halogens is 3. The van der Waals surface area contributed by atoms with Gasteiger partial charge in [-0.25, -0.2) is 8.78 Å². The Balaban J connectivity index is 1.46. The zero-order valence-electron chi connectivity index (χ0n) is 19.1. The van der Waals surface area contributed by atoms with Gasteiger partial charge in [-0.05, 0) is 68.5 Å². The number of nitrogens with zero attached hydrogens (tertiary/aromatic N) is 2. The lowest BCUT2D eigenvalue weighted by atomic mass is 9.75. The van der Waals surface area contributed by atoms with Gasteiger partial charge in [0.2, 0.25) is 5.91 Å². The molecular weight excluding hydrogens is 462 g/mol. The van der Waals surface area contributed by atoms with Gasteiger partial charge in [0.05, 0.1) is 12.2 Å². The fraction of sp³-hybridized carbons (Fsp3) is 0.462. The van der Waals surface area contributed by atoms with E-state index in [1.807, 2.05) is 4.90 Å².